The van der Waals surface area contributed by atoms with Gasteiger partial charge in [-0.15, -0.1) is 0 Å². The van der Waals surface area contributed by atoms with Crippen LogP contribution in [0.4, 0.5) is 0 Å². The number of amidine groups is 1. The van der Waals surface area contributed by atoms with Crippen LogP contribution in [0.15, 0.2) is 5.16 Å². The fraction of sp³-hybridized carbons (Fsp3) is 0.818. The van der Waals surface area contributed by atoms with Crippen molar-refractivity contribution in [3.8, 4) is 0 Å². The summed E-state index contributed by atoms with van der Waals surface area (Å²) in [5.74, 6) is 0.249. The summed E-state index contributed by atoms with van der Waals surface area (Å²) in [4.78, 5) is 12.1. The van der Waals surface area contributed by atoms with E-state index in [1.54, 1.807) is 0 Å². The summed E-state index contributed by atoms with van der Waals surface area (Å²) < 4.78 is 5.29. The van der Waals surface area contributed by atoms with Crippen LogP contribution in [0.1, 0.15) is 26.2 Å². The Morgan fingerprint density at radius 1 is 1.65 bits per heavy atom. The topological polar surface area (TPSA) is 96.9 Å². The summed E-state index contributed by atoms with van der Waals surface area (Å²) in [7, 11) is 0. The molecule has 0 aromatic heterocycles. The third kappa shape index (κ3) is 2.22. The summed E-state index contributed by atoms with van der Waals surface area (Å²) in [5.41, 5.74) is 4.80. The van der Waals surface area contributed by atoms with Crippen molar-refractivity contribution in [2.45, 2.75) is 32.2 Å². The standard InChI is InChI=1S/C11H19N3O3/c1-7(8-2-5-17-6-8)13-10(15)11(3-4-11)9(12)14-16/h7-8,16H,2-6H2,1H3,(H2,12,14)(H,13,15). The van der Waals surface area contributed by atoms with E-state index in [2.05, 4.69) is 10.5 Å². The van der Waals surface area contributed by atoms with Gasteiger partial charge >= 0.3 is 0 Å². The van der Waals surface area contributed by atoms with Crippen molar-refractivity contribution in [2.75, 3.05) is 13.2 Å². The second-order valence-corrected chi connectivity index (χ2v) is 4.95. The van der Waals surface area contributed by atoms with Crippen LogP contribution in [0.2, 0.25) is 0 Å². The number of nitrogens with one attached hydrogen (secondary N) is 1. The lowest BCUT2D eigenvalue weighted by atomic mass is 9.98. The molecule has 1 aliphatic heterocycles. The molecule has 2 aliphatic rings. The summed E-state index contributed by atoms with van der Waals surface area (Å²) in [6, 6.07) is 0.0639. The Kier molecular flexibility index (Phi) is 3.24. The van der Waals surface area contributed by atoms with Crippen molar-refractivity contribution in [1.82, 2.24) is 5.32 Å². The predicted octanol–water partition coefficient (Wildman–Crippen LogP) is 0.0542. The van der Waals surface area contributed by atoms with Crippen LogP contribution in [-0.2, 0) is 9.53 Å². The molecular formula is C11H19N3O3. The second-order valence-electron chi connectivity index (χ2n) is 4.95. The highest BCUT2D eigenvalue weighted by atomic mass is 16.5. The third-order valence-electron chi connectivity index (χ3n) is 3.81. The highest BCUT2D eigenvalue weighted by Crippen LogP contribution is 2.46. The number of nitrogens with zero attached hydrogens (tertiary/aromatic N) is 1. The smallest absolute Gasteiger partial charge is 0.234 e. The maximum atomic E-state index is 12.1. The van der Waals surface area contributed by atoms with Crippen molar-refractivity contribution in [3.05, 3.63) is 0 Å². The average molecular weight is 241 g/mol. The van der Waals surface area contributed by atoms with E-state index >= 15 is 0 Å². The van der Waals surface area contributed by atoms with Crippen molar-refractivity contribution in [2.24, 2.45) is 22.2 Å². The molecule has 6 heteroatoms. The first-order valence-corrected chi connectivity index (χ1v) is 5.97. The quantitative estimate of drug-likeness (QED) is 0.280. The number of hydrogen-bond acceptors (Lipinski definition) is 4. The van der Waals surface area contributed by atoms with Gasteiger partial charge in [-0.05, 0) is 26.2 Å². The average Bonchev–Trinajstić information content (AvgIpc) is 2.95. The summed E-state index contributed by atoms with van der Waals surface area (Å²) >= 11 is 0. The van der Waals surface area contributed by atoms with Gasteiger partial charge in [0.1, 0.15) is 5.41 Å². The number of carbonyl (C=O) groups excluding carboxylic acids is 1. The van der Waals surface area contributed by atoms with E-state index in [9.17, 15) is 4.79 Å². The molecule has 96 valence electrons. The zero-order valence-electron chi connectivity index (χ0n) is 9.98. The zero-order valence-corrected chi connectivity index (χ0v) is 9.98. The lowest BCUT2D eigenvalue weighted by molar-refractivity contribution is -0.125. The van der Waals surface area contributed by atoms with Gasteiger partial charge in [-0.25, -0.2) is 0 Å². The molecule has 6 nitrogen and oxygen atoms in total. The van der Waals surface area contributed by atoms with Crippen LogP contribution in [0.3, 0.4) is 0 Å². The van der Waals surface area contributed by atoms with Gasteiger partial charge in [0.05, 0.1) is 6.61 Å². The molecule has 2 fully saturated rings. The number of carbonyl (C=O) groups is 1. The molecule has 1 amide bonds. The van der Waals surface area contributed by atoms with Crippen LogP contribution < -0.4 is 11.1 Å². The van der Waals surface area contributed by atoms with E-state index in [0.29, 0.717) is 25.4 Å². The number of amides is 1. The first-order chi connectivity index (χ1) is 8.10. The number of rotatable bonds is 4. The van der Waals surface area contributed by atoms with E-state index < -0.39 is 5.41 Å². The van der Waals surface area contributed by atoms with E-state index in [1.165, 1.54) is 0 Å². The van der Waals surface area contributed by atoms with Crippen LogP contribution in [0, 0.1) is 11.3 Å². The molecule has 0 bridgehead atoms. The molecule has 1 saturated carbocycles. The molecule has 2 rings (SSSR count). The van der Waals surface area contributed by atoms with Crippen molar-refractivity contribution in [3.63, 3.8) is 0 Å². The minimum atomic E-state index is -0.761. The summed E-state index contributed by atoms with van der Waals surface area (Å²) in [6.45, 7) is 3.42. The molecule has 0 aromatic rings. The van der Waals surface area contributed by atoms with Crippen molar-refractivity contribution >= 4 is 11.7 Å². The maximum absolute atomic E-state index is 12.1. The van der Waals surface area contributed by atoms with Gasteiger partial charge in [0, 0.05) is 18.6 Å². The highest BCUT2D eigenvalue weighted by Gasteiger charge is 2.54. The SMILES string of the molecule is CC(NC(=O)C1(C(N)=NO)CC1)C1CCOC1. The second kappa shape index (κ2) is 4.52. The fourth-order valence-electron chi connectivity index (χ4n) is 2.23. The number of oxime groups is 1. The first kappa shape index (κ1) is 12.2. The predicted molar refractivity (Wildman–Crippen MR) is 61.6 cm³/mol. The molecular weight excluding hydrogens is 222 g/mol. The van der Waals surface area contributed by atoms with Crippen LogP contribution in [0.25, 0.3) is 0 Å². The van der Waals surface area contributed by atoms with Gasteiger partial charge in [0.25, 0.3) is 0 Å². The van der Waals surface area contributed by atoms with Gasteiger partial charge in [-0.2, -0.15) is 0 Å². The number of hydrogen-bond donors (Lipinski definition) is 3. The van der Waals surface area contributed by atoms with Crippen LogP contribution >= 0.6 is 0 Å². The Hall–Kier alpha value is -1.30. The van der Waals surface area contributed by atoms with Gasteiger partial charge < -0.3 is 21.0 Å². The Labute approximate surface area is 100 Å². The summed E-state index contributed by atoms with van der Waals surface area (Å²) in [5, 5.41) is 14.6. The normalized spacial score (nSPS) is 28.8. The lowest BCUT2D eigenvalue weighted by Gasteiger charge is -2.22. The van der Waals surface area contributed by atoms with E-state index in [0.717, 1.165) is 13.0 Å². The number of ether oxygens (including phenoxy) is 1. The number of nitrogens with two attached hydrogens (primary N) is 1. The van der Waals surface area contributed by atoms with Gasteiger partial charge in [-0.3, -0.25) is 4.79 Å². The highest BCUT2D eigenvalue weighted by molar-refractivity contribution is 6.09. The van der Waals surface area contributed by atoms with Gasteiger partial charge in [0.15, 0.2) is 5.84 Å². The van der Waals surface area contributed by atoms with Crippen LogP contribution in [-0.4, -0.2) is 36.2 Å². The Bertz CT molecular complexity index is 333. The molecule has 0 radical (unpaired) electrons. The van der Waals surface area contributed by atoms with Gasteiger partial charge in [0.2, 0.25) is 5.91 Å². The molecule has 1 saturated heterocycles. The molecule has 4 N–H and O–H groups in total. The minimum absolute atomic E-state index is 0.0184. The molecule has 1 heterocycles. The largest absolute Gasteiger partial charge is 0.409 e. The van der Waals surface area contributed by atoms with Crippen LogP contribution in [0.5, 0.6) is 0 Å². The van der Waals surface area contributed by atoms with Gasteiger partial charge in [-0.1, -0.05) is 5.16 Å². The molecule has 17 heavy (non-hydrogen) atoms. The maximum Gasteiger partial charge on any atom is 0.234 e. The Balaban J connectivity index is 1.93. The zero-order chi connectivity index (χ0) is 12.5. The first-order valence-electron chi connectivity index (χ1n) is 5.97. The summed E-state index contributed by atoms with van der Waals surface area (Å²) in [6.07, 6.45) is 2.28. The minimum Gasteiger partial charge on any atom is -0.409 e. The van der Waals surface area contributed by atoms with E-state index in [1.807, 2.05) is 6.92 Å². The van der Waals surface area contributed by atoms with Crippen molar-refractivity contribution in [1.29, 1.82) is 0 Å². The Morgan fingerprint density at radius 3 is 2.82 bits per heavy atom. The van der Waals surface area contributed by atoms with E-state index in [-0.39, 0.29) is 17.8 Å². The monoisotopic (exact) mass is 241 g/mol. The molecule has 0 spiro atoms. The lowest BCUT2D eigenvalue weighted by Crippen LogP contribution is -2.46. The molecule has 2 unspecified atom stereocenters. The fourth-order valence-corrected chi connectivity index (χ4v) is 2.23. The van der Waals surface area contributed by atoms with Crippen molar-refractivity contribution < 1.29 is 14.7 Å². The van der Waals surface area contributed by atoms with E-state index in [4.69, 9.17) is 15.7 Å². The molecule has 2 atom stereocenters. The Morgan fingerprint density at radius 2 is 2.35 bits per heavy atom. The molecule has 0 aromatic carbocycles. The molecule has 1 aliphatic carbocycles. The third-order valence-corrected chi connectivity index (χ3v) is 3.81.